The Hall–Kier alpha value is -4.32. The minimum atomic E-state index is -0.324. The number of carbonyl (C=O) groups excluding carboxylic acids is 1. The zero-order valence-corrected chi connectivity index (χ0v) is 21.8. The van der Waals surface area contributed by atoms with Crippen LogP contribution in [0, 0.1) is 18.3 Å². The summed E-state index contributed by atoms with van der Waals surface area (Å²) in [6.45, 7) is 2.99. The Morgan fingerprint density at radius 3 is 2.45 bits per heavy atom. The van der Waals surface area contributed by atoms with E-state index in [1.165, 1.54) is 0 Å². The molecular weight excluding hydrogens is 523 g/mol. The summed E-state index contributed by atoms with van der Waals surface area (Å²) in [5.41, 5.74) is 3.74. The van der Waals surface area contributed by atoms with Crippen molar-refractivity contribution in [3.63, 3.8) is 0 Å². The molecule has 0 aliphatic carbocycles. The van der Waals surface area contributed by atoms with Crippen LogP contribution in [0.2, 0.25) is 10.0 Å². The summed E-state index contributed by atoms with van der Waals surface area (Å²) in [6.07, 6.45) is 0.664. The predicted octanol–water partition coefficient (Wildman–Crippen LogP) is 6.65. The van der Waals surface area contributed by atoms with Crippen LogP contribution in [-0.4, -0.2) is 33.6 Å². The number of fused-ring (bicyclic) bond motifs is 1. The maximum absolute atomic E-state index is 13.3. The molecule has 2 heterocycles. The quantitative estimate of drug-likeness (QED) is 0.158. The van der Waals surface area contributed by atoms with Crippen LogP contribution < -0.4 is 10.6 Å². The van der Waals surface area contributed by atoms with E-state index >= 15 is 0 Å². The second-order valence-electron chi connectivity index (χ2n) is 8.61. The van der Waals surface area contributed by atoms with Gasteiger partial charge in [0.15, 0.2) is 11.3 Å². The molecule has 190 valence electrons. The third-order valence-corrected chi connectivity index (χ3v) is 6.36. The first-order valence-corrected chi connectivity index (χ1v) is 12.6. The van der Waals surface area contributed by atoms with Crippen LogP contribution >= 0.6 is 23.2 Å². The van der Waals surface area contributed by atoms with Gasteiger partial charge in [-0.05, 0) is 55.8 Å². The average Bonchev–Trinajstić information content (AvgIpc) is 3.49. The number of nitriles is 1. The van der Waals surface area contributed by atoms with Crippen LogP contribution in [0.4, 0.5) is 11.8 Å². The van der Waals surface area contributed by atoms with Gasteiger partial charge in [-0.25, -0.2) is 4.68 Å². The topological polar surface area (TPSA) is 109 Å². The Morgan fingerprint density at radius 1 is 1.00 bits per heavy atom. The standard InChI is InChI=1S/C28H22Cl2N6O2/c1-17-3-5-18(6-4-17)26(37)25-22(16-31)27(36(35-25)21-10-7-19(29)8-11-21)32-13-2-14-33-28-34-23-15-20(30)9-12-24(23)38-28/h3-12,15,32H,2,13-14H2,1H3,(H,33,34). The summed E-state index contributed by atoms with van der Waals surface area (Å²) in [5, 5.41) is 22.2. The number of carbonyl (C=O) groups is 1. The number of aromatic nitrogens is 3. The third-order valence-electron chi connectivity index (χ3n) is 5.87. The summed E-state index contributed by atoms with van der Waals surface area (Å²) < 4.78 is 7.25. The fraction of sp³-hybridized carbons (Fsp3) is 0.143. The van der Waals surface area contributed by atoms with Crippen molar-refractivity contribution < 1.29 is 9.21 Å². The summed E-state index contributed by atoms with van der Waals surface area (Å²) >= 11 is 12.1. The molecule has 0 saturated heterocycles. The number of ketones is 1. The maximum Gasteiger partial charge on any atom is 0.295 e. The summed E-state index contributed by atoms with van der Waals surface area (Å²) in [7, 11) is 0. The van der Waals surface area contributed by atoms with Crippen molar-refractivity contribution in [2.45, 2.75) is 13.3 Å². The van der Waals surface area contributed by atoms with Gasteiger partial charge >= 0.3 is 0 Å². The minimum Gasteiger partial charge on any atom is -0.424 e. The van der Waals surface area contributed by atoms with Gasteiger partial charge < -0.3 is 15.1 Å². The molecule has 0 radical (unpaired) electrons. The molecular formula is C28H22Cl2N6O2. The molecule has 2 aromatic heterocycles. The number of hydrogen-bond acceptors (Lipinski definition) is 7. The third kappa shape index (κ3) is 5.35. The van der Waals surface area contributed by atoms with Gasteiger partial charge in [0.05, 0.1) is 5.69 Å². The number of hydrogen-bond donors (Lipinski definition) is 2. The molecule has 0 bridgehead atoms. The molecule has 0 aliphatic heterocycles. The van der Waals surface area contributed by atoms with E-state index in [-0.39, 0.29) is 17.0 Å². The highest BCUT2D eigenvalue weighted by molar-refractivity contribution is 6.31. The molecule has 0 saturated carbocycles. The van der Waals surface area contributed by atoms with E-state index in [0.29, 0.717) is 63.7 Å². The molecule has 0 spiro atoms. The first-order chi connectivity index (χ1) is 18.4. The van der Waals surface area contributed by atoms with Gasteiger partial charge in [0.25, 0.3) is 6.01 Å². The zero-order chi connectivity index (χ0) is 26.6. The van der Waals surface area contributed by atoms with Gasteiger partial charge in [-0.3, -0.25) is 4.79 Å². The van der Waals surface area contributed by atoms with Crippen LogP contribution in [0.1, 0.15) is 33.6 Å². The highest BCUT2D eigenvalue weighted by Crippen LogP contribution is 2.27. The van der Waals surface area contributed by atoms with Crippen LogP contribution in [0.5, 0.6) is 0 Å². The first kappa shape index (κ1) is 25.3. The number of anilines is 2. The molecule has 3 aromatic carbocycles. The SMILES string of the molecule is Cc1ccc(C(=O)c2nn(-c3ccc(Cl)cc3)c(NCCCNc3nc4cc(Cl)ccc4o3)c2C#N)cc1. The van der Waals surface area contributed by atoms with Crippen molar-refractivity contribution in [2.75, 3.05) is 23.7 Å². The van der Waals surface area contributed by atoms with Crippen LogP contribution in [0.3, 0.4) is 0 Å². The number of aryl methyl sites for hydroxylation is 1. The summed E-state index contributed by atoms with van der Waals surface area (Å²) in [4.78, 5) is 17.7. The summed E-state index contributed by atoms with van der Waals surface area (Å²) in [6, 6.07) is 22.0. The van der Waals surface area contributed by atoms with E-state index in [4.69, 9.17) is 27.6 Å². The average molecular weight is 545 g/mol. The molecule has 38 heavy (non-hydrogen) atoms. The van der Waals surface area contributed by atoms with Crippen molar-refractivity contribution in [2.24, 2.45) is 0 Å². The van der Waals surface area contributed by atoms with Gasteiger partial charge in [-0.15, -0.1) is 0 Å². The van der Waals surface area contributed by atoms with Crippen LogP contribution in [0.25, 0.3) is 16.8 Å². The zero-order valence-electron chi connectivity index (χ0n) is 20.3. The molecule has 0 atom stereocenters. The minimum absolute atomic E-state index is 0.0806. The van der Waals surface area contributed by atoms with Crippen LogP contribution in [0.15, 0.2) is 71.1 Å². The predicted molar refractivity (Wildman–Crippen MR) is 149 cm³/mol. The van der Waals surface area contributed by atoms with Crippen LogP contribution in [-0.2, 0) is 0 Å². The lowest BCUT2D eigenvalue weighted by Gasteiger charge is -2.10. The van der Waals surface area contributed by atoms with E-state index in [0.717, 1.165) is 5.56 Å². The van der Waals surface area contributed by atoms with E-state index < -0.39 is 0 Å². The van der Waals surface area contributed by atoms with Crippen molar-refractivity contribution >= 4 is 51.9 Å². The van der Waals surface area contributed by atoms with E-state index in [1.54, 1.807) is 59.3 Å². The monoisotopic (exact) mass is 544 g/mol. The number of rotatable bonds is 9. The van der Waals surface area contributed by atoms with Crippen molar-refractivity contribution in [3.8, 4) is 11.8 Å². The molecule has 5 rings (SSSR count). The molecule has 2 N–H and O–H groups in total. The lowest BCUT2D eigenvalue weighted by molar-refractivity contribution is 0.103. The Bertz CT molecular complexity index is 1650. The van der Waals surface area contributed by atoms with Gasteiger partial charge in [-0.2, -0.15) is 15.3 Å². The molecule has 0 amide bonds. The molecule has 10 heteroatoms. The Kier molecular flexibility index (Phi) is 7.31. The maximum atomic E-state index is 13.3. The number of oxazole rings is 1. The molecule has 0 fully saturated rings. The Labute approximate surface area is 228 Å². The molecule has 8 nitrogen and oxygen atoms in total. The second-order valence-corrected chi connectivity index (χ2v) is 9.48. The van der Waals surface area contributed by atoms with Crippen molar-refractivity contribution in [1.82, 2.24) is 14.8 Å². The smallest absolute Gasteiger partial charge is 0.295 e. The highest BCUT2D eigenvalue weighted by atomic mass is 35.5. The van der Waals surface area contributed by atoms with Gasteiger partial charge in [0, 0.05) is 28.7 Å². The molecule has 5 aromatic rings. The largest absolute Gasteiger partial charge is 0.424 e. The van der Waals surface area contributed by atoms with E-state index in [2.05, 4.69) is 26.8 Å². The van der Waals surface area contributed by atoms with Crippen molar-refractivity contribution in [3.05, 3.63) is 99.2 Å². The Morgan fingerprint density at radius 2 is 1.71 bits per heavy atom. The second kappa shape index (κ2) is 11.0. The lowest BCUT2D eigenvalue weighted by atomic mass is 10.0. The first-order valence-electron chi connectivity index (χ1n) is 11.9. The van der Waals surface area contributed by atoms with E-state index in [9.17, 15) is 10.1 Å². The number of benzene rings is 3. The van der Waals surface area contributed by atoms with Gasteiger partial charge in [0.2, 0.25) is 5.78 Å². The van der Waals surface area contributed by atoms with E-state index in [1.807, 2.05) is 19.1 Å². The summed E-state index contributed by atoms with van der Waals surface area (Å²) in [5.74, 6) is 0.108. The number of nitrogens with one attached hydrogen (secondary N) is 2. The number of nitrogens with zero attached hydrogens (tertiary/aromatic N) is 4. The van der Waals surface area contributed by atoms with Gasteiger partial charge in [-0.1, -0.05) is 53.0 Å². The van der Waals surface area contributed by atoms with Gasteiger partial charge in [0.1, 0.15) is 23.0 Å². The highest BCUT2D eigenvalue weighted by Gasteiger charge is 2.25. The van der Waals surface area contributed by atoms with Crippen molar-refractivity contribution in [1.29, 1.82) is 5.26 Å². The lowest BCUT2D eigenvalue weighted by Crippen LogP contribution is -2.12. The fourth-order valence-corrected chi connectivity index (χ4v) is 4.22. The fourth-order valence-electron chi connectivity index (χ4n) is 3.92. The Balaban J connectivity index is 1.35. The molecule has 0 unspecified atom stereocenters. The normalized spacial score (nSPS) is 10.9. The molecule has 0 aliphatic rings. The number of halogens is 2.